The van der Waals surface area contributed by atoms with E-state index in [0.717, 1.165) is 28.1 Å². The summed E-state index contributed by atoms with van der Waals surface area (Å²) in [6, 6.07) is 10.9. The Bertz CT molecular complexity index is 1350. The molecule has 0 spiro atoms. The second kappa shape index (κ2) is 8.16. The molecule has 0 unspecified atom stereocenters. The topological polar surface area (TPSA) is 111 Å². The molecule has 0 atom stereocenters. The van der Waals surface area contributed by atoms with Crippen LogP contribution in [0.2, 0.25) is 0 Å². The molecule has 0 bridgehead atoms. The smallest absolute Gasteiger partial charge is 0.335 e. The fourth-order valence-corrected chi connectivity index (χ4v) is 3.58. The van der Waals surface area contributed by atoms with Crippen LogP contribution in [0.15, 0.2) is 46.2 Å². The number of hydrogen-bond acceptors (Lipinski definition) is 6. The summed E-state index contributed by atoms with van der Waals surface area (Å²) in [6.45, 7) is 9.48. The normalized spacial score (nSPS) is 12.1. The highest BCUT2D eigenvalue weighted by molar-refractivity contribution is 5.87. The molecular weight excluding hydrogens is 394 g/mol. The maximum absolute atomic E-state index is 12.5. The summed E-state index contributed by atoms with van der Waals surface area (Å²) in [7, 11) is 0. The van der Waals surface area contributed by atoms with Gasteiger partial charge in [0.15, 0.2) is 11.2 Å². The van der Waals surface area contributed by atoms with Crippen molar-refractivity contribution in [1.29, 1.82) is 0 Å². The molecule has 0 saturated carbocycles. The summed E-state index contributed by atoms with van der Waals surface area (Å²) in [5, 5.41) is 12.8. The van der Waals surface area contributed by atoms with E-state index in [1.165, 1.54) is 0 Å². The summed E-state index contributed by atoms with van der Waals surface area (Å²) >= 11 is 0. The van der Waals surface area contributed by atoms with Crippen LogP contribution in [0, 0.1) is 13.8 Å². The first kappa shape index (κ1) is 20.5. The highest BCUT2D eigenvalue weighted by Crippen LogP contribution is 2.36. The summed E-state index contributed by atoms with van der Waals surface area (Å²) in [5.41, 5.74) is 4.96. The number of carboxylic acids is 1. The van der Waals surface area contributed by atoms with E-state index in [2.05, 4.69) is 32.9 Å². The first-order valence-electron chi connectivity index (χ1n) is 9.93. The molecule has 0 aliphatic carbocycles. The zero-order chi connectivity index (χ0) is 22.1. The molecule has 1 aliphatic rings. The zero-order valence-corrected chi connectivity index (χ0v) is 17.4. The Balaban J connectivity index is 1.60. The molecule has 158 valence electrons. The van der Waals surface area contributed by atoms with Gasteiger partial charge in [-0.3, -0.25) is 4.79 Å². The van der Waals surface area contributed by atoms with E-state index in [9.17, 15) is 9.59 Å². The maximum Gasteiger partial charge on any atom is 0.335 e. The molecule has 3 aromatic rings. The van der Waals surface area contributed by atoms with Crippen LogP contribution in [-0.4, -0.2) is 34.1 Å². The van der Waals surface area contributed by atoms with Crippen molar-refractivity contribution in [3.63, 3.8) is 0 Å². The molecule has 2 heterocycles. The van der Waals surface area contributed by atoms with Crippen LogP contribution in [-0.2, 0) is 6.54 Å². The van der Waals surface area contributed by atoms with Crippen LogP contribution in [0.1, 0.15) is 27.0 Å². The number of aromatic nitrogens is 2. The fraction of sp³-hybridized carbons (Fsp3) is 0.217. The molecule has 0 amide bonds. The standard InChI is InChI=1S/C23H23N5O3/c1-13-9-18-19(10-14(13)2)28(21-20(27-18)22(29)26-15(3)25-21)8-7-24-12-16-5-4-6-17(11-16)23(30)31/h4-6,9-11,24H,3,7-8,12H2,1-2H3,(H,26,29)(H,30,31). The predicted octanol–water partition coefficient (Wildman–Crippen LogP) is 1.69. The average Bonchev–Trinajstić information content (AvgIpc) is 2.72. The highest BCUT2D eigenvalue weighted by atomic mass is 16.4. The van der Waals surface area contributed by atoms with Gasteiger partial charge < -0.3 is 20.3 Å². The van der Waals surface area contributed by atoms with E-state index >= 15 is 0 Å². The minimum absolute atomic E-state index is 0.261. The second-order valence-corrected chi connectivity index (χ2v) is 7.56. The van der Waals surface area contributed by atoms with Crippen molar-refractivity contribution in [2.75, 3.05) is 18.0 Å². The van der Waals surface area contributed by atoms with Gasteiger partial charge >= 0.3 is 5.97 Å². The van der Waals surface area contributed by atoms with Crippen molar-refractivity contribution in [3.8, 4) is 0 Å². The van der Waals surface area contributed by atoms with E-state index in [0.29, 0.717) is 25.5 Å². The van der Waals surface area contributed by atoms with Gasteiger partial charge in [0.25, 0.3) is 5.56 Å². The number of aromatic amines is 1. The molecule has 3 N–H and O–H groups in total. The molecule has 1 aromatic heterocycles. The van der Waals surface area contributed by atoms with Crippen LogP contribution in [0.3, 0.4) is 0 Å². The number of anilines is 2. The van der Waals surface area contributed by atoms with Gasteiger partial charge in [-0.05, 0) is 54.8 Å². The summed E-state index contributed by atoms with van der Waals surface area (Å²) in [6.07, 6.45) is 0. The maximum atomic E-state index is 12.5. The minimum atomic E-state index is -0.946. The fourth-order valence-electron chi connectivity index (χ4n) is 3.58. The molecule has 8 heteroatoms. The number of aryl methyl sites for hydroxylation is 2. The summed E-state index contributed by atoms with van der Waals surface area (Å²) in [5.74, 6) is -0.461. The molecule has 0 fully saturated rings. The van der Waals surface area contributed by atoms with Crippen LogP contribution in [0.4, 0.5) is 17.2 Å². The third kappa shape index (κ3) is 4.10. The van der Waals surface area contributed by atoms with E-state index in [1.54, 1.807) is 18.2 Å². The summed E-state index contributed by atoms with van der Waals surface area (Å²) < 4.78 is 0. The van der Waals surface area contributed by atoms with Gasteiger partial charge in [-0.25, -0.2) is 14.8 Å². The van der Waals surface area contributed by atoms with Crippen molar-refractivity contribution in [2.45, 2.75) is 20.4 Å². The Morgan fingerprint density at radius 1 is 1.23 bits per heavy atom. The Morgan fingerprint density at radius 2 is 2.00 bits per heavy atom. The lowest BCUT2D eigenvalue weighted by atomic mass is 10.1. The van der Waals surface area contributed by atoms with Gasteiger partial charge in [-0.1, -0.05) is 18.7 Å². The van der Waals surface area contributed by atoms with E-state index in [1.807, 2.05) is 30.9 Å². The van der Waals surface area contributed by atoms with Gasteiger partial charge in [-0.2, -0.15) is 0 Å². The molecule has 0 saturated heterocycles. The molecule has 4 rings (SSSR count). The molecule has 31 heavy (non-hydrogen) atoms. The first-order chi connectivity index (χ1) is 14.8. The number of nitrogens with one attached hydrogen (secondary N) is 2. The van der Waals surface area contributed by atoms with Gasteiger partial charge in [-0.15, -0.1) is 0 Å². The van der Waals surface area contributed by atoms with Crippen molar-refractivity contribution >= 4 is 29.7 Å². The van der Waals surface area contributed by atoms with Crippen LogP contribution < -0.4 is 26.6 Å². The van der Waals surface area contributed by atoms with Crippen molar-refractivity contribution in [3.05, 3.63) is 79.8 Å². The van der Waals surface area contributed by atoms with E-state index in [-0.39, 0.29) is 22.0 Å². The minimum Gasteiger partial charge on any atom is -0.478 e. The number of nitrogens with zero attached hydrogens (tertiary/aromatic N) is 3. The zero-order valence-electron chi connectivity index (χ0n) is 17.4. The van der Waals surface area contributed by atoms with Gasteiger partial charge in [0.05, 0.1) is 16.9 Å². The van der Waals surface area contributed by atoms with Crippen LogP contribution in [0.25, 0.3) is 6.58 Å². The molecule has 2 aromatic carbocycles. The SMILES string of the molecule is C=c1nc2c(c(=O)[nH]1)=Nc1cc(C)c(C)cc1N2CCNCc1cccc(C(=O)O)c1. The molecular formula is C23H23N5O3. The average molecular weight is 417 g/mol. The Morgan fingerprint density at radius 3 is 2.77 bits per heavy atom. The Kier molecular flexibility index (Phi) is 5.39. The Labute approximate surface area is 178 Å². The highest BCUT2D eigenvalue weighted by Gasteiger charge is 2.23. The largest absolute Gasteiger partial charge is 0.478 e. The quantitative estimate of drug-likeness (QED) is 0.527. The number of benzene rings is 2. The lowest BCUT2D eigenvalue weighted by molar-refractivity contribution is 0.0696. The van der Waals surface area contributed by atoms with Crippen LogP contribution in [0.5, 0.6) is 0 Å². The lowest BCUT2D eigenvalue weighted by Crippen LogP contribution is -2.43. The van der Waals surface area contributed by atoms with Crippen molar-refractivity contribution < 1.29 is 9.90 Å². The van der Waals surface area contributed by atoms with Crippen LogP contribution >= 0.6 is 0 Å². The lowest BCUT2D eigenvalue weighted by Gasteiger charge is -2.28. The third-order valence-electron chi connectivity index (χ3n) is 5.31. The number of aromatic carboxylic acids is 1. The Hall–Kier alpha value is -3.78. The number of rotatable bonds is 6. The monoisotopic (exact) mass is 417 g/mol. The molecule has 8 nitrogen and oxygen atoms in total. The van der Waals surface area contributed by atoms with Gasteiger partial charge in [0.2, 0.25) is 0 Å². The molecule has 1 aliphatic heterocycles. The van der Waals surface area contributed by atoms with Crippen molar-refractivity contribution in [1.82, 2.24) is 15.3 Å². The van der Waals surface area contributed by atoms with Gasteiger partial charge in [0.1, 0.15) is 5.48 Å². The number of H-pyrrole nitrogens is 1. The van der Waals surface area contributed by atoms with Crippen molar-refractivity contribution in [2.24, 2.45) is 4.99 Å². The third-order valence-corrected chi connectivity index (χ3v) is 5.31. The number of fused-ring (bicyclic) bond motifs is 2. The first-order valence-corrected chi connectivity index (χ1v) is 9.93. The molecule has 0 radical (unpaired) electrons. The second-order valence-electron chi connectivity index (χ2n) is 7.56. The summed E-state index contributed by atoms with van der Waals surface area (Å²) in [4.78, 5) is 37.2. The number of carbonyl (C=O) groups is 1. The predicted molar refractivity (Wildman–Crippen MR) is 119 cm³/mol. The number of hydrogen-bond donors (Lipinski definition) is 3. The van der Waals surface area contributed by atoms with E-state index in [4.69, 9.17) is 5.11 Å². The number of carboxylic acid groups (broad SMARTS) is 1. The van der Waals surface area contributed by atoms with Gasteiger partial charge in [0, 0.05) is 19.6 Å². The van der Waals surface area contributed by atoms with E-state index < -0.39 is 5.97 Å².